The SMILES string of the molecule is COCN1C=CSC(=Cc2cc(C(C)C)c(OC(C)=O)c(C(C)C)c2)C1C=O. The number of benzene rings is 1. The normalized spacial score (nSPS) is 18.2. The molecule has 0 radical (unpaired) electrons. The van der Waals surface area contributed by atoms with E-state index in [1.807, 2.05) is 34.7 Å². The van der Waals surface area contributed by atoms with Crippen molar-refractivity contribution in [2.45, 2.75) is 52.5 Å². The molecular weight excluding hydrogens is 374 g/mol. The zero-order valence-electron chi connectivity index (χ0n) is 17.4. The minimum absolute atomic E-state index is 0.191. The predicted octanol–water partition coefficient (Wildman–Crippen LogP) is 4.89. The van der Waals surface area contributed by atoms with Crippen molar-refractivity contribution in [2.75, 3.05) is 13.8 Å². The number of ether oxygens (including phenoxy) is 2. The van der Waals surface area contributed by atoms with Crippen molar-refractivity contribution in [3.05, 3.63) is 45.3 Å². The summed E-state index contributed by atoms with van der Waals surface area (Å²) in [5, 5.41) is 1.95. The number of carbonyl (C=O) groups is 2. The number of methoxy groups -OCH3 is 1. The van der Waals surface area contributed by atoms with Gasteiger partial charge in [-0.25, -0.2) is 0 Å². The highest BCUT2D eigenvalue weighted by Gasteiger charge is 2.24. The number of rotatable bonds is 7. The smallest absolute Gasteiger partial charge is 0.308 e. The van der Waals surface area contributed by atoms with Crippen LogP contribution < -0.4 is 4.74 Å². The first-order chi connectivity index (χ1) is 13.3. The van der Waals surface area contributed by atoms with Crippen LogP contribution in [0.4, 0.5) is 0 Å². The highest BCUT2D eigenvalue weighted by atomic mass is 32.2. The first-order valence-corrected chi connectivity index (χ1v) is 10.3. The lowest BCUT2D eigenvalue weighted by Gasteiger charge is -2.30. The lowest BCUT2D eigenvalue weighted by atomic mass is 9.91. The molecule has 1 heterocycles. The van der Waals surface area contributed by atoms with E-state index in [4.69, 9.17) is 9.47 Å². The maximum atomic E-state index is 11.7. The van der Waals surface area contributed by atoms with Crippen LogP contribution in [0.3, 0.4) is 0 Å². The quantitative estimate of drug-likeness (QED) is 0.367. The van der Waals surface area contributed by atoms with Gasteiger partial charge in [0.2, 0.25) is 0 Å². The van der Waals surface area contributed by atoms with Crippen LogP contribution in [0.15, 0.2) is 28.6 Å². The second kappa shape index (κ2) is 9.94. The first-order valence-electron chi connectivity index (χ1n) is 9.39. The molecule has 0 spiro atoms. The zero-order valence-corrected chi connectivity index (χ0v) is 18.2. The number of carbonyl (C=O) groups excluding carboxylic acids is 2. The zero-order chi connectivity index (χ0) is 20.8. The summed E-state index contributed by atoms with van der Waals surface area (Å²) in [5.74, 6) is 0.717. The Hall–Kier alpha value is -2.05. The molecule has 0 saturated carbocycles. The van der Waals surface area contributed by atoms with E-state index in [9.17, 15) is 9.59 Å². The van der Waals surface area contributed by atoms with Crippen molar-refractivity contribution >= 4 is 30.1 Å². The van der Waals surface area contributed by atoms with E-state index in [0.717, 1.165) is 27.9 Å². The Morgan fingerprint density at radius 3 is 2.29 bits per heavy atom. The summed E-state index contributed by atoms with van der Waals surface area (Å²) in [4.78, 5) is 26.2. The summed E-state index contributed by atoms with van der Waals surface area (Å²) in [6, 6.07) is 3.71. The van der Waals surface area contributed by atoms with E-state index in [2.05, 4.69) is 27.7 Å². The fourth-order valence-corrected chi connectivity index (χ4v) is 4.02. The van der Waals surface area contributed by atoms with E-state index in [-0.39, 0.29) is 23.8 Å². The number of nitrogens with zero attached hydrogens (tertiary/aromatic N) is 1. The number of hydrogen-bond donors (Lipinski definition) is 0. The molecule has 0 aromatic heterocycles. The third-order valence-electron chi connectivity index (χ3n) is 4.48. The van der Waals surface area contributed by atoms with Gasteiger partial charge in [-0.05, 0) is 52.1 Å². The van der Waals surface area contributed by atoms with E-state index in [0.29, 0.717) is 12.5 Å². The molecule has 152 valence electrons. The molecule has 0 fully saturated rings. The van der Waals surface area contributed by atoms with Crippen LogP contribution in [0.2, 0.25) is 0 Å². The van der Waals surface area contributed by atoms with Crippen molar-refractivity contribution in [1.29, 1.82) is 0 Å². The van der Waals surface area contributed by atoms with Crippen molar-refractivity contribution in [3.63, 3.8) is 0 Å². The minimum Gasteiger partial charge on any atom is -0.426 e. The maximum Gasteiger partial charge on any atom is 0.308 e. The number of hydrogen-bond acceptors (Lipinski definition) is 6. The number of thioether (sulfide) groups is 1. The van der Waals surface area contributed by atoms with Crippen LogP contribution in [0, 0.1) is 0 Å². The summed E-state index contributed by atoms with van der Waals surface area (Å²) in [7, 11) is 1.61. The second-order valence-corrected chi connectivity index (χ2v) is 8.37. The topological polar surface area (TPSA) is 55.8 Å². The molecule has 0 amide bonds. The Labute approximate surface area is 171 Å². The van der Waals surface area contributed by atoms with Crippen molar-refractivity contribution in [1.82, 2.24) is 4.90 Å². The molecule has 1 aliphatic heterocycles. The fourth-order valence-electron chi connectivity index (χ4n) is 3.12. The molecule has 0 saturated heterocycles. The Morgan fingerprint density at radius 2 is 1.82 bits per heavy atom. The van der Waals surface area contributed by atoms with Gasteiger partial charge in [0, 0.05) is 25.1 Å². The van der Waals surface area contributed by atoms with Crippen molar-refractivity contribution < 1.29 is 19.1 Å². The lowest BCUT2D eigenvalue weighted by molar-refractivity contribution is -0.132. The second-order valence-electron chi connectivity index (χ2n) is 7.39. The van der Waals surface area contributed by atoms with Crippen molar-refractivity contribution in [2.24, 2.45) is 0 Å². The predicted molar refractivity (Wildman–Crippen MR) is 114 cm³/mol. The van der Waals surface area contributed by atoms with Crippen LogP contribution in [0.5, 0.6) is 5.75 Å². The van der Waals surface area contributed by atoms with Crippen LogP contribution >= 0.6 is 11.8 Å². The number of esters is 1. The molecule has 1 aliphatic rings. The standard InChI is InChI=1S/C22H29NO4S/c1-14(2)18-9-17(10-19(15(3)4)22(18)27-16(5)25)11-21-20(12-24)23(13-26-6)7-8-28-21/h7-12,14-15,20H,13H2,1-6H3. The van der Waals surface area contributed by atoms with Gasteiger partial charge >= 0.3 is 5.97 Å². The van der Waals surface area contributed by atoms with E-state index < -0.39 is 0 Å². The molecule has 1 atom stereocenters. The summed E-state index contributed by atoms with van der Waals surface area (Å²) in [6.45, 7) is 10.1. The Balaban J connectivity index is 2.56. The van der Waals surface area contributed by atoms with Gasteiger partial charge in [0.15, 0.2) is 0 Å². The van der Waals surface area contributed by atoms with Crippen LogP contribution in [-0.4, -0.2) is 37.0 Å². The average molecular weight is 404 g/mol. The number of aldehydes is 1. The highest BCUT2D eigenvalue weighted by Crippen LogP contribution is 2.38. The maximum absolute atomic E-state index is 11.7. The summed E-state index contributed by atoms with van der Waals surface area (Å²) >= 11 is 1.53. The third-order valence-corrected chi connectivity index (χ3v) is 5.37. The lowest BCUT2D eigenvalue weighted by Crippen LogP contribution is -2.35. The molecule has 2 rings (SSSR count). The first kappa shape index (κ1) is 22.2. The molecular formula is C22H29NO4S. The monoisotopic (exact) mass is 403 g/mol. The van der Waals surface area contributed by atoms with E-state index >= 15 is 0 Å². The molecule has 1 unspecified atom stereocenters. The Morgan fingerprint density at radius 1 is 1.21 bits per heavy atom. The highest BCUT2D eigenvalue weighted by molar-refractivity contribution is 8.06. The Kier molecular flexibility index (Phi) is 7.89. The largest absolute Gasteiger partial charge is 0.426 e. The third kappa shape index (κ3) is 5.26. The summed E-state index contributed by atoms with van der Waals surface area (Å²) in [6.07, 6.45) is 4.83. The fraction of sp³-hybridized carbons (Fsp3) is 0.455. The molecule has 6 heteroatoms. The van der Waals surface area contributed by atoms with Gasteiger partial charge in [-0.15, -0.1) is 0 Å². The molecule has 1 aromatic carbocycles. The van der Waals surface area contributed by atoms with Gasteiger partial charge in [0.05, 0.1) is 0 Å². The Bertz CT molecular complexity index is 754. The van der Waals surface area contributed by atoms with Crippen LogP contribution in [-0.2, 0) is 14.3 Å². The van der Waals surface area contributed by atoms with E-state index in [1.54, 1.807) is 7.11 Å². The minimum atomic E-state index is -0.381. The van der Waals surface area contributed by atoms with Gasteiger partial charge < -0.3 is 19.2 Å². The molecule has 0 N–H and O–H groups in total. The van der Waals surface area contributed by atoms with Gasteiger partial charge in [-0.3, -0.25) is 4.79 Å². The van der Waals surface area contributed by atoms with Crippen molar-refractivity contribution in [3.8, 4) is 5.75 Å². The molecule has 1 aromatic rings. The van der Waals surface area contributed by atoms with E-state index in [1.165, 1.54) is 18.7 Å². The summed E-state index contributed by atoms with van der Waals surface area (Å²) in [5.41, 5.74) is 2.97. The van der Waals surface area contributed by atoms with Gasteiger partial charge in [-0.2, -0.15) is 0 Å². The summed E-state index contributed by atoms with van der Waals surface area (Å²) < 4.78 is 10.8. The molecule has 5 nitrogen and oxygen atoms in total. The van der Waals surface area contributed by atoms with Gasteiger partial charge in [0.25, 0.3) is 0 Å². The van der Waals surface area contributed by atoms with Crippen LogP contribution in [0.1, 0.15) is 63.1 Å². The van der Waals surface area contributed by atoms with Gasteiger partial charge in [0.1, 0.15) is 24.8 Å². The molecule has 0 bridgehead atoms. The average Bonchev–Trinajstić information content (AvgIpc) is 2.62. The molecule has 28 heavy (non-hydrogen) atoms. The van der Waals surface area contributed by atoms with Gasteiger partial charge in [-0.1, -0.05) is 39.5 Å². The molecule has 0 aliphatic carbocycles. The van der Waals surface area contributed by atoms with Crippen LogP contribution in [0.25, 0.3) is 6.08 Å².